The summed E-state index contributed by atoms with van der Waals surface area (Å²) in [4.78, 5) is 75.1. The Labute approximate surface area is 406 Å². The third-order valence-electron chi connectivity index (χ3n) is 14.9. The van der Waals surface area contributed by atoms with Crippen molar-refractivity contribution >= 4 is 52.4 Å². The standard InChI is InChI=1S/C57H55N5O8/c63-50(30-32-52(65)66)59(39-18-5-2-6-19-39)54-42-22-7-10-27-47(42)62(49-29-12-24-44(49)54)57(70)38-17-14-34-58(36-38)40-20-11-21-41(35-40)60(51(64)31-33-53(67)68)55-43-23-8-9-26-46(43)61(48-28-13-25-45(48)55)56(69)37-15-3-1-4-16-37/h1-11,14-23,26-27,34-36,44-45,48-49,54-56,69H,12-13,24-25,28-33H2,(H-,65,66,67,68)/p+1. The first kappa shape index (κ1) is 46.1. The first-order valence-corrected chi connectivity index (χ1v) is 24.4. The van der Waals surface area contributed by atoms with Gasteiger partial charge in [0.15, 0.2) is 18.6 Å². The molecule has 0 bridgehead atoms. The summed E-state index contributed by atoms with van der Waals surface area (Å²) in [5.41, 5.74) is 6.39. The molecule has 10 rings (SSSR count). The maximum Gasteiger partial charge on any atom is 0.303 e. The number of amides is 3. The molecule has 3 N–H and O–H groups in total. The highest BCUT2D eigenvalue weighted by atomic mass is 16.4. The van der Waals surface area contributed by atoms with Gasteiger partial charge in [-0.2, -0.15) is 4.57 Å². The predicted octanol–water partition coefficient (Wildman–Crippen LogP) is 9.35. The molecule has 2 aliphatic carbocycles. The highest BCUT2D eigenvalue weighted by molar-refractivity contribution is 6.07. The van der Waals surface area contributed by atoms with Crippen molar-refractivity contribution in [3.8, 4) is 5.69 Å². The van der Waals surface area contributed by atoms with Gasteiger partial charge in [0.05, 0.1) is 30.6 Å². The monoisotopic (exact) mass is 938 g/mol. The summed E-state index contributed by atoms with van der Waals surface area (Å²) in [6, 6.07) is 44.5. The van der Waals surface area contributed by atoms with Crippen LogP contribution in [-0.2, 0) is 19.2 Å². The van der Waals surface area contributed by atoms with E-state index in [1.807, 2.05) is 155 Å². The number of nitrogens with zero attached hydrogens (tertiary/aromatic N) is 5. The van der Waals surface area contributed by atoms with Crippen LogP contribution in [0.15, 0.2) is 158 Å². The Bertz CT molecular complexity index is 2930. The summed E-state index contributed by atoms with van der Waals surface area (Å²) in [7, 11) is 0. The largest absolute Gasteiger partial charge is 0.481 e. The maximum atomic E-state index is 15.2. The molecule has 1 aromatic heterocycles. The molecular weight excluding hydrogens is 883 g/mol. The van der Waals surface area contributed by atoms with Gasteiger partial charge < -0.3 is 34.9 Å². The van der Waals surface area contributed by atoms with Crippen molar-refractivity contribution in [2.24, 2.45) is 11.8 Å². The third kappa shape index (κ3) is 8.70. The lowest BCUT2D eigenvalue weighted by atomic mass is 9.80. The second-order valence-corrected chi connectivity index (χ2v) is 18.9. The lowest BCUT2D eigenvalue weighted by molar-refractivity contribution is -0.595. The molecule has 5 aromatic carbocycles. The highest BCUT2D eigenvalue weighted by Gasteiger charge is 2.51. The maximum absolute atomic E-state index is 15.2. The van der Waals surface area contributed by atoms with Crippen LogP contribution in [0.25, 0.3) is 5.69 Å². The molecule has 0 spiro atoms. The van der Waals surface area contributed by atoms with Gasteiger partial charge in [-0.25, -0.2) is 0 Å². The summed E-state index contributed by atoms with van der Waals surface area (Å²) in [6.07, 6.45) is 6.61. The smallest absolute Gasteiger partial charge is 0.303 e. The van der Waals surface area contributed by atoms with E-state index in [1.54, 1.807) is 22.1 Å². The minimum atomic E-state index is -1.06. The van der Waals surface area contributed by atoms with E-state index in [2.05, 4.69) is 4.90 Å². The molecule has 6 aromatic rings. The second-order valence-electron chi connectivity index (χ2n) is 18.9. The number of carboxylic acid groups (broad SMARTS) is 2. The molecule has 4 aliphatic rings. The van der Waals surface area contributed by atoms with E-state index in [0.717, 1.165) is 60.9 Å². The zero-order chi connectivity index (χ0) is 48.5. The predicted molar refractivity (Wildman–Crippen MR) is 264 cm³/mol. The number of aliphatic hydroxyl groups excluding tert-OH is 1. The molecule has 13 nitrogen and oxygen atoms in total. The van der Waals surface area contributed by atoms with Crippen LogP contribution in [0, 0.1) is 11.8 Å². The number of para-hydroxylation sites is 3. The molecule has 0 radical (unpaired) electrons. The van der Waals surface area contributed by atoms with Crippen molar-refractivity contribution < 1.29 is 43.9 Å². The van der Waals surface area contributed by atoms with Crippen LogP contribution >= 0.6 is 0 Å². The van der Waals surface area contributed by atoms with E-state index in [4.69, 9.17) is 0 Å². The lowest BCUT2D eigenvalue weighted by Crippen LogP contribution is -2.53. The van der Waals surface area contributed by atoms with Gasteiger partial charge in [-0.3, -0.25) is 24.0 Å². The lowest BCUT2D eigenvalue weighted by Gasteiger charge is -2.50. The number of hydrogen-bond donors (Lipinski definition) is 3. The Hall–Kier alpha value is -7.64. The van der Waals surface area contributed by atoms with E-state index >= 15 is 4.79 Å². The Balaban J connectivity index is 1.01. The number of aliphatic carboxylic acids is 2. The van der Waals surface area contributed by atoms with Crippen molar-refractivity contribution in [2.75, 3.05) is 19.6 Å². The SMILES string of the molecule is O=C(O)CCC(=O)N(c1ccccc1)C1c2ccccc2N(C(=O)c2ccc[n+](-c3cccc(N(C(=O)CCC(=O)O)C4c5ccccc5N(C(O)c5ccccc5)C5CCCC45)c3)c2)C2CCCC21. The number of carbonyl (C=O) groups excluding carboxylic acids is 3. The molecule has 2 fully saturated rings. The second kappa shape index (κ2) is 19.8. The molecule has 3 amide bonds. The molecule has 2 saturated carbocycles. The molecule has 7 atom stereocenters. The first-order valence-electron chi connectivity index (χ1n) is 24.4. The van der Waals surface area contributed by atoms with E-state index < -0.39 is 30.3 Å². The van der Waals surface area contributed by atoms with Crippen molar-refractivity contribution in [3.05, 3.63) is 180 Å². The van der Waals surface area contributed by atoms with Crippen molar-refractivity contribution in [2.45, 2.75) is 94.6 Å². The summed E-state index contributed by atoms with van der Waals surface area (Å²) >= 11 is 0. The van der Waals surface area contributed by atoms with Gasteiger partial charge in [-0.05, 0) is 73.2 Å². The molecule has 7 unspecified atom stereocenters. The fraction of sp³-hybridized carbons (Fsp3) is 0.298. The minimum Gasteiger partial charge on any atom is -0.481 e. The highest BCUT2D eigenvalue weighted by Crippen LogP contribution is 2.54. The van der Waals surface area contributed by atoms with Crippen molar-refractivity contribution in [1.82, 2.24) is 0 Å². The summed E-state index contributed by atoms with van der Waals surface area (Å²) in [5, 5.41) is 31.3. The van der Waals surface area contributed by atoms with Crippen molar-refractivity contribution in [3.63, 3.8) is 0 Å². The molecular formula is C57H56N5O8+. The van der Waals surface area contributed by atoms with Crippen LogP contribution in [0.2, 0.25) is 0 Å². The molecule has 2 aliphatic heterocycles. The summed E-state index contributed by atoms with van der Waals surface area (Å²) < 4.78 is 1.87. The number of rotatable bonds is 14. The minimum absolute atomic E-state index is 0.0756. The van der Waals surface area contributed by atoms with Crippen molar-refractivity contribution in [1.29, 1.82) is 0 Å². The number of benzene rings is 5. The number of anilines is 4. The Kier molecular flexibility index (Phi) is 13.0. The van der Waals surface area contributed by atoms with Gasteiger partial charge in [0.1, 0.15) is 5.56 Å². The normalized spacial score (nSPS) is 21.4. The van der Waals surface area contributed by atoms with Crippen LogP contribution < -0.4 is 24.2 Å². The van der Waals surface area contributed by atoms with Crippen LogP contribution in [0.5, 0.6) is 0 Å². The molecule has 0 saturated heterocycles. The van der Waals surface area contributed by atoms with Crippen LogP contribution in [0.3, 0.4) is 0 Å². The fourth-order valence-corrected chi connectivity index (χ4v) is 12.0. The van der Waals surface area contributed by atoms with Crippen LogP contribution in [-0.4, -0.2) is 57.1 Å². The number of aromatic nitrogens is 1. The van der Waals surface area contributed by atoms with Crippen LogP contribution in [0.4, 0.5) is 22.7 Å². The van der Waals surface area contributed by atoms with Gasteiger partial charge in [0.2, 0.25) is 17.5 Å². The number of aliphatic hydroxyl groups is 1. The number of fused-ring (bicyclic) bond motifs is 4. The number of carbonyl (C=O) groups is 5. The van der Waals surface area contributed by atoms with Gasteiger partial charge >= 0.3 is 11.9 Å². The first-order chi connectivity index (χ1) is 34.1. The molecule has 356 valence electrons. The van der Waals surface area contributed by atoms with Crippen LogP contribution in [0.1, 0.15) is 110 Å². The summed E-state index contributed by atoms with van der Waals surface area (Å²) in [5.74, 6) is -3.11. The van der Waals surface area contributed by atoms with Gasteiger partial charge in [-0.1, -0.05) is 104 Å². The average molecular weight is 939 g/mol. The van der Waals surface area contributed by atoms with E-state index in [-0.39, 0.29) is 67.3 Å². The fourth-order valence-electron chi connectivity index (χ4n) is 12.0. The quantitative estimate of drug-likeness (QED) is 0.0904. The van der Waals surface area contributed by atoms with E-state index in [1.165, 1.54) is 0 Å². The number of hydrogen-bond acceptors (Lipinski definition) is 7. The van der Waals surface area contributed by atoms with Gasteiger partial charge in [-0.15, -0.1) is 0 Å². The zero-order valence-corrected chi connectivity index (χ0v) is 38.7. The third-order valence-corrected chi connectivity index (χ3v) is 14.9. The molecule has 70 heavy (non-hydrogen) atoms. The Morgan fingerprint density at radius 2 is 1.11 bits per heavy atom. The van der Waals surface area contributed by atoms with Gasteiger partial charge in [0.25, 0.3) is 5.91 Å². The zero-order valence-electron chi connectivity index (χ0n) is 38.7. The summed E-state index contributed by atoms with van der Waals surface area (Å²) in [6.45, 7) is 0. The van der Waals surface area contributed by atoms with Gasteiger partial charge in [0, 0.05) is 77.6 Å². The molecule has 13 heteroatoms. The number of carboxylic acids is 2. The van der Waals surface area contributed by atoms with E-state index in [0.29, 0.717) is 28.3 Å². The Morgan fingerprint density at radius 3 is 1.77 bits per heavy atom. The topological polar surface area (TPSA) is 163 Å². The average Bonchev–Trinajstić information content (AvgIpc) is 4.09. The Morgan fingerprint density at radius 1 is 0.571 bits per heavy atom. The molecule has 3 heterocycles. The van der Waals surface area contributed by atoms with E-state index in [9.17, 15) is 34.5 Å². The number of pyridine rings is 1.